The molecule has 1 atom stereocenters. The fourth-order valence-corrected chi connectivity index (χ4v) is 3.41. The number of anilines is 1. The van der Waals surface area contributed by atoms with E-state index in [4.69, 9.17) is 0 Å². The fraction of sp³-hybridized carbons (Fsp3) is 0.300. The number of benzene rings is 1. The maximum atomic E-state index is 13.1. The Labute approximate surface area is 162 Å². The van der Waals surface area contributed by atoms with E-state index in [9.17, 15) is 9.18 Å². The number of aromatic nitrogens is 4. The lowest BCUT2D eigenvalue weighted by atomic mass is 10.2. The van der Waals surface area contributed by atoms with Gasteiger partial charge in [0.1, 0.15) is 17.7 Å². The van der Waals surface area contributed by atoms with E-state index in [-0.39, 0.29) is 17.8 Å². The fourth-order valence-electron chi connectivity index (χ4n) is 3.41. The quantitative estimate of drug-likeness (QED) is 0.736. The molecule has 0 bridgehead atoms. The van der Waals surface area contributed by atoms with Gasteiger partial charge in [0.2, 0.25) is 5.91 Å². The summed E-state index contributed by atoms with van der Waals surface area (Å²) in [7, 11) is 0. The summed E-state index contributed by atoms with van der Waals surface area (Å²) in [6, 6.07) is 7.83. The molecule has 1 aliphatic heterocycles. The van der Waals surface area contributed by atoms with Gasteiger partial charge < -0.3 is 10.2 Å². The number of rotatable bonds is 5. The standard InChI is InChI=1S/C20H21FN6O/c1-13-9-14(2)27(25-13)19-11-22-10-18(24-19)23-17-7-8-26(20(17)28)12-15-3-5-16(21)6-4-15/h3-6,9-11,17H,7-8,12H2,1-2H3,(H,23,24). The smallest absolute Gasteiger partial charge is 0.245 e. The Morgan fingerprint density at radius 1 is 1.21 bits per heavy atom. The predicted molar refractivity (Wildman–Crippen MR) is 102 cm³/mol. The molecule has 1 amide bonds. The van der Waals surface area contributed by atoms with Crippen LogP contribution in [-0.4, -0.2) is 43.1 Å². The normalized spacial score (nSPS) is 16.6. The third-order valence-electron chi connectivity index (χ3n) is 4.75. The average Bonchev–Trinajstić information content (AvgIpc) is 3.19. The number of hydrogen-bond acceptors (Lipinski definition) is 5. The zero-order chi connectivity index (χ0) is 19.7. The Hall–Kier alpha value is -3.29. The Morgan fingerprint density at radius 2 is 2.00 bits per heavy atom. The van der Waals surface area contributed by atoms with E-state index in [1.54, 1.807) is 34.1 Å². The van der Waals surface area contributed by atoms with E-state index >= 15 is 0 Å². The van der Waals surface area contributed by atoms with E-state index in [0.717, 1.165) is 17.0 Å². The van der Waals surface area contributed by atoms with Gasteiger partial charge in [0, 0.05) is 18.8 Å². The van der Waals surface area contributed by atoms with Crippen molar-refractivity contribution in [3.05, 3.63) is 65.5 Å². The summed E-state index contributed by atoms with van der Waals surface area (Å²) in [5.74, 6) is 0.857. The van der Waals surface area contributed by atoms with Crippen LogP contribution in [0.15, 0.2) is 42.7 Å². The van der Waals surface area contributed by atoms with Gasteiger partial charge in [-0.3, -0.25) is 9.78 Å². The van der Waals surface area contributed by atoms with Crippen LogP contribution in [0, 0.1) is 19.7 Å². The molecule has 2 aromatic heterocycles. The number of amides is 1. The molecule has 3 heterocycles. The number of carbonyl (C=O) groups is 1. The van der Waals surface area contributed by atoms with Crippen LogP contribution in [0.25, 0.3) is 5.82 Å². The number of carbonyl (C=O) groups excluding carboxylic acids is 1. The molecule has 1 aliphatic rings. The molecule has 0 spiro atoms. The van der Waals surface area contributed by atoms with Crippen LogP contribution >= 0.6 is 0 Å². The highest BCUT2D eigenvalue weighted by molar-refractivity contribution is 5.86. The number of likely N-dealkylation sites (tertiary alicyclic amines) is 1. The van der Waals surface area contributed by atoms with Crippen molar-refractivity contribution in [2.75, 3.05) is 11.9 Å². The highest BCUT2D eigenvalue weighted by Gasteiger charge is 2.31. The molecule has 3 aromatic rings. The van der Waals surface area contributed by atoms with E-state index in [1.807, 2.05) is 19.9 Å². The molecular weight excluding hydrogens is 359 g/mol. The van der Waals surface area contributed by atoms with Crippen LogP contribution in [0.1, 0.15) is 23.4 Å². The van der Waals surface area contributed by atoms with Crippen molar-refractivity contribution >= 4 is 11.7 Å². The maximum absolute atomic E-state index is 13.1. The zero-order valence-corrected chi connectivity index (χ0v) is 15.8. The van der Waals surface area contributed by atoms with Crippen LogP contribution in [-0.2, 0) is 11.3 Å². The number of nitrogens with one attached hydrogen (secondary N) is 1. The van der Waals surface area contributed by atoms with Crippen molar-refractivity contribution in [3.63, 3.8) is 0 Å². The van der Waals surface area contributed by atoms with Crippen molar-refractivity contribution in [1.29, 1.82) is 0 Å². The molecule has 7 nitrogen and oxygen atoms in total. The average molecular weight is 380 g/mol. The Balaban J connectivity index is 1.45. The zero-order valence-electron chi connectivity index (χ0n) is 15.8. The van der Waals surface area contributed by atoms with Gasteiger partial charge in [-0.1, -0.05) is 12.1 Å². The van der Waals surface area contributed by atoms with Crippen molar-refractivity contribution in [3.8, 4) is 5.82 Å². The molecular formula is C20H21FN6O. The van der Waals surface area contributed by atoms with Gasteiger partial charge in [-0.2, -0.15) is 5.10 Å². The van der Waals surface area contributed by atoms with Crippen LogP contribution < -0.4 is 5.32 Å². The minimum atomic E-state index is -0.356. The van der Waals surface area contributed by atoms with E-state index in [2.05, 4.69) is 20.4 Å². The Morgan fingerprint density at radius 3 is 2.71 bits per heavy atom. The van der Waals surface area contributed by atoms with Crippen molar-refractivity contribution < 1.29 is 9.18 Å². The minimum absolute atomic E-state index is 0.00245. The highest BCUT2D eigenvalue weighted by atomic mass is 19.1. The number of hydrogen-bond donors (Lipinski definition) is 1. The third kappa shape index (κ3) is 3.71. The summed E-state index contributed by atoms with van der Waals surface area (Å²) in [6.45, 7) is 4.98. The Bertz CT molecular complexity index is 1000. The molecule has 0 radical (unpaired) electrons. The topological polar surface area (TPSA) is 75.9 Å². The molecule has 1 fully saturated rings. The van der Waals surface area contributed by atoms with E-state index < -0.39 is 0 Å². The molecule has 0 saturated carbocycles. The molecule has 144 valence electrons. The van der Waals surface area contributed by atoms with Crippen LogP contribution in [0.5, 0.6) is 0 Å². The number of aryl methyl sites for hydroxylation is 2. The van der Waals surface area contributed by atoms with Gasteiger partial charge >= 0.3 is 0 Å². The van der Waals surface area contributed by atoms with Gasteiger partial charge in [-0.25, -0.2) is 14.1 Å². The number of nitrogens with zero attached hydrogens (tertiary/aromatic N) is 5. The van der Waals surface area contributed by atoms with Crippen molar-refractivity contribution in [2.24, 2.45) is 0 Å². The number of halogens is 1. The van der Waals surface area contributed by atoms with Crippen LogP contribution in [0.3, 0.4) is 0 Å². The van der Waals surface area contributed by atoms with Gasteiger partial charge in [-0.05, 0) is 44.0 Å². The first-order valence-electron chi connectivity index (χ1n) is 9.15. The monoisotopic (exact) mass is 380 g/mol. The lowest BCUT2D eigenvalue weighted by molar-refractivity contribution is -0.128. The Kier molecular flexibility index (Phi) is 4.77. The van der Waals surface area contributed by atoms with Gasteiger partial charge in [0.05, 0.1) is 18.1 Å². The first-order chi connectivity index (χ1) is 13.5. The second-order valence-electron chi connectivity index (χ2n) is 6.97. The molecule has 1 saturated heterocycles. The second-order valence-corrected chi connectivity index (χ2v) is 6.97. The first kappa shape index (κ1) is 18.1. The summed E-state index contributed by atoms with van der Waals surface area (Å²) < 4.78 is 14.8. The first-order valence-corrected chi connectivity index (χ1v) is 9.15. The third-order valence-corrected chi connectivity index (χ3v) is 4.75. The largest absolute Gasteiger partial charge is 0.357 e. The molecule has 1 aromatic carbocycles. The highest BCUT2D eigenvalue weighted by Crippen LogP contribution is 2.19. The molecule has 1 N–H and O–H groups in total. The van der Waals surface area contributed by atoms with Crippen molar-refractivity contribution in [1.82, 2.24) is 24.6 Å². The van der Waals surface area contributed by atoms with Crippen LogP contribution in [0.2, 0.25) is 0 Å². The summed E-state index contributed by atoms with van der Waals surface area (Å²) >= 11 is 0. The summed E-state index contributed by atoms with van der Waals surface area (Å²) in [5.41, 5.74) is 2.77. The molecule has 4 rings (SSSR count). The molecule has 1 unspecified atom stereocenters. The lowest BCUT2D eigenvalue weighted by Crippen LogP contribution is -2.33. The van der Waals surface area contributed by atoms with Crippen molar-refractivity contribution in [2.45, 2.75) is 32.9 Å². The molecule has 8 heteroatoms. The molecule has 28 heavy (non-hydrogen) atoms. The minimum Gasteiger partial charge on any atom is -0.357 e. The van der Waals surface area contributed by atoms with Gasteiger partial charge in [0.15, 0.2) is 5.82 Å². The summed E-state index contributed by atoms with van der Waals surface area (Å²) in [4.78, 5) is 23.3. The van der Waals surface area contributed by atoms with Gasteiger partial charge in [0.25, 0.3) is 0 Å². The summed E-state index contributed by atoms with van der Waals surface area (Å²) in [5, 5.41) is 7.60. The lowest BCUT2D eigenvalue weighted by Gasteiger charge is -2.17. The second kappa shape index (κ2) is 7.38. The van der Waals surface area contributed by atoms with Crippen LogP contribution in [0.4, 0.5) is 10.2 Å². The van der Waals surface area contributed by atoms with E-state index in [1.165, 1.54) is 12.1 Å². The SMILES string of the molecule is Cc1cc(C)n(-c2cncc(NC3CCN(Cc4ccc(F)cc4)C3=O)n2)n1. The maximum Gasteiger partial charge on any atom is 0.245 e. The predicted octanol–water partition coefficient (Wildman–Crippen LogP) is 2.63. The molecule has 0 aliphatic carbocycles. The van der Waals surface area contributed by atoms with E-state index in [0.29, 0.717) is 31.1 Å². The summed E-state index contributed by atoms with van der Waals surface area (Å²) in [6.07, 6.45) is 3.92. The van der Waals surface area contributed by atoms with Gasteiger partial charge in [-0.15, -0.1) is 0 Å².